The normalized spacial score (nSPS) is 19.9. The van der Waals surface area contributed by atoms with E-state index in [1.807, 2.05) is 24.3 Å². The van der Waals surface area contributed by atoms with Crippen molar-refractivity contribution in [3.63, 3.8) is 0 Å². The number of carbonyl (C=O) groups is 1. The van der Waals surface area contributed by atoms with Crippen molar-refractivity contribution in [2.45, 2.75) is 59.0 Å². The number of ether oxygens (including phenoxy) is 1. The number of amides is 1. The van der Waals surface area contributed by atoms with Crippen molar-refractivity contribution < 1.29 is 9.53 Å². The maximum atomic E-state index is 12.3. The fourth-order valence-corrected chi connectivity index (χ4v) is 3.30. The van der Waals surface area contributed by atoms with Gasteiger partial charge in [0.05, 0.1) is 6.61 Å². The molecular formula is C20H29N5O2. The highest BCUT2D eigenvalue weighted by Crippen LogP contribution is 2.23. The summed E-state index contributed by atoms with van der Waals surface area (Å²) in [6.07, 6.45) is 4.66. The molecule has 2 atom stereocenters. The molecule has 146 valence electrons. The van der Waals surface area contributed by atoms with Gasteiger partial charge in [0.1, 0.15) is 12.3 Å². The van der Waals surface area contributed by atoms with Crippen molar-refractivity contribution in [1.29, 1.82) is 0 Å². The van der Waals surface area contributed by atoms with Crippen LogP contribution in [0.4, 0.5) is 0 Å². The summed E-state index contributed by atoms with van der Waals surface area (Å²) in [5, 5.41) is 15.5. The molecule has 3 rings (SSSR count). The molecule has 1 aliphatic carbocycles. The molecule has 1 heterocycles. The SMILES string of the molecule is CC(C)COc1ccc(-c2nnn(CC(=O)NC3CCCCC3C)n2)cc1. The van der Waals surface area contributed by atoms with Crippen molar-refractivity contribution in [3.8, 4) is 17.1 Å². The van der Waals surface area contributed by atoms with E-state index in [9.17, 15) is 4.79 Å². The van der Waals surface area contributed by atoms with Crippen LogP contribution in [-0.2, 0) is 11.3 Å². The van der Waals surface area contributed by atoms with Gasteiger partial charge in [0.2, 0.25) is 11.7 Å². The van der Waals surface area contributed by atoms with Crippen LogP contribution >= 0.6 is 0 Å². The standard InChI is InChI=1S/C20H29N5O2/c1-14(2)13-27-17-10-8-16(9-11-17)20-22-24-25(23-20)12-19(26)21-18-7-5-4-6-15(18)3/h8-11,14-15,18H,4-7,12-13H2,1-3H3,(H,21,26). The molecule has 7 nitrogen and oxygen atoms in total. The average Bonchev–Trinajstić information content (AvgIpc) is 3.10. The monoisotopic (exact) mass is 371 g/mol. The van der Waals surface area contributed by atoms with Gasteiger partial charge in [-0.2, -0.15) is 4.80 Å². The molecule has 27 heavy (non-hydrogen) atoms. The smallest absolute Gasteiger partial charge is 0.243 e. The molecule has 2 unspecified atom stereocenters. The van der Waals surface area contributed by atoms with Crippen molar-refractivity contribution in [2.75, 3.05) is 6.61 Å². The highest BCUT2D eigenvalue weighted by molar-refractivity contribution is 5.75. The van der Waals surface area contributed by atoms with E-state index >= 15 is 0 Å². The largest absolute Gasteiger partial charge is 0.493 e. The molecule has 1 aromatic heterocycles. The van der Waals surface area contributed by atoms with Gasteiger partial charge >= 0.3 is 0 Å². The summed E-state index contributed by atoms with van der Waals surface area (Å²) in [7, 11) is 0. The van der Waals surface area contributed by atoms with Gasteiger partial charge in [-0.15, -0.1) is 10.2 Å². The highest BCUT2D eigenvalue weighted by Gasteiger charge is 2.23. The fraction of sp³-hybridized carbons (Fsp3) is 0.600. The lowest BCUT2D eigenvalue weighted by atomic mass is 9.86. The zero-order chi connectivity index (χ0) is 19.2. The number of hydrogen-bond donors (Lipinski definition) is 1. The van der Waals surface area contributed by atoms with E-state index in [-0.39, 0.29) is 18.5 Å². The summed E-state index contributed by atoms with van der Waals surface area (Å²) in [5.74, 6) is 2.27. The molecule has 0 saturated heterocycles. The maximum Gasteiger partial charge on any atom is 0.243 e. The first-order valence-electron chi connectivity index (χ1n) is 9.81. The van der Waals surface area contributed by atoms with Crippen LogP contribution in [0, 0.1) is 11.8 Å². The van der Waals surface area contributed by atoms with Crippen LogP contribution in [0.25, 0.3) is 11.4 Å². The summed E-state index contributed by atoms with van der Waals surface area (Å²) in [6, 6.07) is 7.86. The number of benzene rings is 1. The zero-order valence-electron chi connectivity index (χ0n) is 16.4. The molecule has 1 saturated carbocycles. The zero-order valence-corrected chi connectivity index (χ0v) is 16.4. The van der Waals surface area contributed by atoms with Gasteiger partial charge in [-0.3, -0.25) is 4.79 Å². The van der Waals surface area contributed by atoms with Crippen LogP contribution in [0.3, 0.4) is 0 Å². The van der Waals surface area contributed by atoms with Crippen LogP contribution in [0.1, 0.15) is 46.5 Å². The number of rotatable bonds is 7. The molecule has 1 aliphatic rings. The van der Waals surface area contributed by atoms with Crippen LogP contribution < -0.4 is 10.1 Å². The number of nitrogens with zero attached hydrogens (tertiary/aromatic N) is 4. The Morgan fingerprint density at radius 2 is 2.00 bits per heavy atom. The molecule has 7 heteroatoms. The number of hydrogen-bond acceptors (Lipinski definition) is 5. The molecule has 0 radical (unpaired) electrons. The van der Waals surface area contributed by atoms with Gasteiger partial charge in [0, 0.05) is 11.6 Å². The Kier molecular flexibility index (Phi) is 6.42. The number of tetrazole rings is 1. The van der Waals surface area contributed by atoms with E-state index < -0.39 is 0 Å². The van der Waals surface area contributed by atoms with E-state index in [4.69, 9.17) is 4.74 Å². The molecule has 0 aliphatic heterocycles. The molecule has 1 aromatic carbocycles. The minimum absolute atomic E-state index is 0.0601. The number of carbonyl (C=O) groups excluding carboxylic acids is 1. The maximum absolute atomic E-state index is 12.3. The summed E-state index contributed by atoms with van der Waals surface area (Å²) >= 11 is 0. The lowest BCUT2D eigenvalue weighted by Gasteiger charge is -2.29. The van der Waals surface area contributed by atoms with Crippen LogP contribution in [0.2, 0.25) is 0 Å². The molecule has 2 aromatic rings. The van der Waals surface area contributed by atoms with Gasteiger partial charge in [0.15, 0.2) is 0 Å². The Labute approximate surface area is 160 Å². The van der Waals surface area contributed by atoms with E-state index in [2.05, 4.69) is 41.5 Å². The van der Waals surface area contributed by atoms with E-state index in [0.29, 0.717) is 24.3 Å². The molecular weight excluding hydrogens is 342 g/mol. The van der Waals surface area contributed by atoms with Crippen LogP contribution in [0.15, 0.2) is 24.3 Å². The second-order valence-electron chi connectivity index (χ2n) is 7.81. The average molecular weight is 371 g/mol. The van der Waals surface area contributed by atoms with E-state index in [1.165, 1.54) is 24.1 Å². The fourth-order valence-electron chi connectivity index (χ4n) is 3.30. The van der Waals surface area contributed by atoms with Crippen molar-refractivity contribution >= 4 is 5.91 Å². The Hall–Kier alpha value is -2.44. The number of aromatic nitrogens is 4. The molecule has 1 N–H and O–H groups in total. The second kappa shape index (κ2) is 8.97. The predicted octanol–water partition coefficient (Wildman–Crippen LogP) is 3.07. The molecule has 1 amide bonds. The van der Waals surface area contributed by atoms with Gasteiger partial charge < -0.3 is 10.1 Å². The third kappa shape index (κ3) is 5.52. The van der Waals surface area contributed by atoms with Crippen LogP contribution in [0.5, 0.6) is 5.75 Å². The molecule has 0 bridgehead atoms. The second-order valence-corrected chi connectivity index (χ2v) is 7.81. The minimum atomic E-state index is -0.0601. The summed E-state index contributed by atoms with van der Waals surface area (Å²) < 4.78 is 5.68. The summed E-state index contributed by atoms with van der Waals surface area (Å²) in [6.45, 7) is 7.20. The quantitative estimate of drug-likeness (QED) is 0.809. The first-order chi connectivity index (χ1) is 13.0. The third-order valence-electron chi connectivity index (χ3n) is 4.89. The molecule has 0 spiro atoms. The van der Waals surface area contributed by atoms with Gasteiger partial charge in [-0.1, -0.05) is 33.6 Å². The summed E-state index contributed by atoms with van der Waals surface area (Å²) in [4.78, 5) is 13.6. The van der Waals surface area contributed by atoms with E-state index in [0.717, 1.165) is 17.7 Å². The van der Waals surface area contributed by atoms with Crippen LogP contribution in [-0.4, -0.2) is 38.8 Å². The van der Waals surface area contributed by atoms with Crippen molar-refractivity contribution in [3.05, 3.63) is 24.3 Å². The highest BCUT2D eigenvalue weighted by atomic mass is 16.5. The minimum Gasteiger partial charge on any atom is -0.493 e. The first kappa shape index (κ1) is 19.3. The summed E-state index contributed by atoms with van der Waals surface area (Å²) in [5.41, 5.74) is 0.847. The number of nitrogens with one attached hydrogen (secondary N) is 1. The molecule has 1 fully saturated rings. The Morgan fingerprint density at radius 1 is 1.26 bits per heavy atom. The van der Waals surface area contributed by atoms with Crippen molar-refractivity contribution in [2.24, 2.45) is 11.8 Å². The Bertz CT molecular complexity index is 741. The lowest BCUT2D eigenvalue weighted by molar-refractivity contribution is -0.123. The van der Waals surface area contributed by atoms with E-state index in [1.54, 1.807) is 0 Å². The Morgan fingerprint density at radius 3 is 2.70 bits per heavy atom. The van der Waals surface area contributed by atoms with Crippen molar-refractivity contribution in [1.82, 2.24) is 25.5 Å². The predicted molar refractivity (Wildman–Crippen MR) is 103 cm³/mol. The van der Waals surface area contributed by atoms with Gasteiger partial charge in [-0.05, 0) is 54.2 Å². The topological polar surface area (TPSA) is 81.9 Å². The van der Waals surface area contributed by atoms with Gasteiger partial charge in [0.25, 0.3) is 0 Å². The Balaban J connectivity index is 1.55. The lowest BCUT2D eigenvalue weighted by Crippen LogP contribution is -2.42. The third-order valence-corrected chi connectivity index (χ3v) is 4.89. The first-order valence-corrected chi connectivity index (χ1v) is 9.81. The van der Waals surface area contributed by atoms with Gasteiger partial charge in [-0.25, -0.2) is 0 Å².